The summed E-state index contributed by atoms with van der Waals surface area (Å²) in [4.78, 5) is 37.8. The first-order valence-electron chi connectivity index (χ1n) is 34.6. The van der Waals surface area contributed by atoms with Crippen LogP contribution in [0.1, 0.15) is 303 Å². The summed E-state index contributed by atoms with van der Waals surface area (Å²) in [6.07, 6.45) is 84.1. The molecule has 0 saturated carbocycles. The van der Waals surface area contributed by atoms with E-state index in [9.17, 15) is 19.0 Å². The van der Waals surface area contributed by atoms with Gasteiger partial charge >= 0.3 is 13.8 Å². The van der Waals surface area contributed by atoms with E-state index in [1.807, 2.05) is 33.3 Å². The maximum absolute atomic E-state index is 13.6. The van der Waals surface area contributed by atoms with E-state index in [0.29, 0.717) is 17.4 Å². The number of nitrogens with zero attached hydrogens (tertiary/aromatic N) is 1. The molecule has 10 heteroatoms. The molecule has 0 fully saturated rings. The number of unbranched alkanes of at least 4 members (excludes halogenated alkanes) is 32. The van der Waals surface area contributed by atoms with Crippen molar-refractivity contribution in [3.8, 4) is 0 Å². The number of phosphoric acid groups is 1. The molecule has 0 rings (SSSR count). The quantitative estimate of drug-likeness (QED) is 0.0205. The van der Waals surface area contributed by atoms with E-state index in [0.717, 1.165) is 116 Å². The van der Waals surface area contributed by atoms with Crippen LogP contribution in [0.25, 0.3) is 0 Å². The number of carbonyl (C=O) groups excluding carboxylic acids is 2. The Morgan fingerprint density at radius 2 is 0.735 bits per heavy atom. The molecule has 0 heterocycles. The third-order valence-electron chi connectivity index (χ3n) is 15.0. The second-order valence-corrected chi connectivity index (χ2v) is 25.8. The highest BCUT2D eigenvalue weighted by molar-refractivity contribution is 7.47. The third kappa shape index (κ3) is 63.3. The summed E-state index contributed by atoms with van der Waals surface area (Å²) in [6, 6.07) is -0.861. The van der Waals surface area contributed by atoms with Gasteiger partial charge in [0.15, 0.2) is 0 Å². The molecule has 0 aliphatic rings. The van der Waals surface area contributed by atoms with Gasteiger partial charge in [-0.1, -0.05) is 272 Å². The second-order valence-electron chi connectivity index (χ2n) is 24.3. The summed E-state index contributed by atoms with van der Waals surface area (Å²) in [5.74, 6) is -0.521. The average molecular weight is 1180 g/mol. The van der Waals surface area contributed by atoms with Crippen LogP contribution in [0.3, 0.4) is 0 Å². The van der Waals surface area contributed by atoms with E-state index < -0.39 is 20.0 Å². The molecule has 0 radical (unpaired) electrons. The molecular weight excluding hydrogens is 1050 g/mol. The highest BCUT2D eigenvalue weighted by Crippen LogP contribution is 2.43. The van der Waals surface area contributed by atoms with E-state index in [-0.39, 0.29) is 31.5 Å². The fourth-order valence-electron chi connectivity index (χ4n) is 9.64. The lowest BCUT2D eigenvalue weighted by molar-refractivity contribution is -0.870. The molecule has 3 unspecified atom stereocenters. The number of ether oxygens (including phenoxy) is 1. The molecule has 1 amide bonds. The summed E-state index contributed by atoms with van der Waals surface area (Å²) in [5.41, 5.74) is 0. The number of carbonyl (C=O) groups is 2. The molecule has 0 aliphatic heterocycles. The van der Waals surface area contributed by atoms with Crippen molar-refractivity contribution in [3.05, 3.63) is 97.2 Å². The Balaban J connectivity index is 5.12. The van der Waals surface area contributed by atoms with Gasteiger partial charge in [0.2, 0.25) is 5.91 Å². The first-order chi connectivity index (χ1) is 40.4. The average Bonchev–Trinajstić information content (AvgIpc) is 3.51. The van der Waals surface area contributed by atoms with Crippen molar-refractivity contribution in [2.45, 2.75) is 315 Å². The van der Waals surface area contributed by atoms with Gasteiger partial charge in [-0.3, -0.25) is 18.6 Å². The van der Waals surface area contributed by atoms with Crippen LogP contribution in [0.15, 0.2) is 97.2 Å². The molecule has 0 aliphatic carbocycles. The lowest BCUT2D eigenvalue weighted by Gasteiger charge is -2.27. The molecule has 9 nitrogen and oxygen atoms in total. The molecule has 0 saturated heterocycles. The smallest absolute Gasteiger partial charge is 0.456 e. The summed E-state index contributed by atoms with van der Waals surface area (Å²) in [5, 5.41) is 3.06. The highest BCUT2D eigenvalue weighted by Gasteiger charge is 2.30. The molecule has 0 bridgehead atoms. The molecule has 83 heavy (non-hydrogen) atoms. The number of hydrogen-bond donors (Lipinski definition) is 2. The van der Waals surface area contributed by atoms with Crippen molar-refractivity contribution in [2.75, 3.05) is 40.9 Å². The number of likely N-dealkylation sites (N-methyl/N-ethyl adjacent to an activating group) is 1. The number of amides is 1. The lowest BCUT2D eigenvalue weighted by Crippen LogP contribution is -2.47. The zero-order chi connectivity index (χ0) is 60.7. The zero-order valence-corrected chi connectivity index (χ0v) is 55.8. The molecule has 480 valence electrons. The van der Waals surface area contributed by atoms with E-state index in [1.54, 1.807) is 0 Å². The molecule has 0 spiro atoms. The summed E-state index contributed by atoms with van der Waals surface area (Å²) in [7, 11) is 1.48. The zero-order valence-electron chi connectivity index (χ0n) is 54.9. The molecule has 0 aromatic carbocycles. The SMILES string of the molecule is CCCCC/C=C\C/C=C\C/C=C\C/C=C\CCCCCCCCCC(=O)OC(/C=C/CCCCCCCCCCC)C(COP(=O)(O)OCC[N+](C)(C)C)NC(=O)CCCCCCCCCCCC/C=C\C/C=C\C/C=C\CCCCC. The Morgan fingerprint density at radius 3 is 1.12 bits per heavy atom. The Morgan fingerprint density at radius 1 is 0.422 bits per heavy atom. The van der Waals surface area contributed by atoms with Crippen LogP contribution >= 0.6 is 7.82 Å². The van der Waals surface area contributed by atoms with E-state index in [1.165, 1.54) is 154 Å². The van der Waals surface area contributed by atoms with Crippen LogP contribution in [0, 0.1) is 0 Å². The van der Waals surface area contributed by atoms with Crippen LogP contribution < -0.4 is 5.32 Å². The van der Waals surface area contributed by atoms with Crippen molar-refractivity contribution in [1.82, 2.24) is 5.32 Å². The van der Waals surface area contributed by atoms with Crippen molar-refractivity contribution < 1.29 is 37.3 Å². The van der Waals surface area contributed by atoms with Gasteiger partial charge < -0.3 is 19.4 Å². The Bertz CT molecular complexity index is 1740. The van der Waals surface area contributed by atoms with Crippen LogP contribution in [-0.2, 0) is 27.9 Å². The molecule has 3 atom stereocenters. The number of rotatable bonds is 62. The van der Waals surface area contributed by atoms with Crippen LogP contribution in [0.2, 0.25) is 0 Å². The minimum absolute atomic E-state index is 0.0335. The van der Waals surface area contributed by atoms with Crippen molar-refractivity contribution in [3.63, 3.8) is 0 Å². The third-order valence-corrected chi connectivity index (χ3v) is 16.0. The highest BCUT2D eigenvalue weighted by atomic mass is 31.2. The van der Waals surface area contributed by atoms with Gasteiger partial charge in [-0.2, -0.15) is 0 Å². The maximum Gasteiger partial charge on any atom is 0.472 e. The van der Waals surface area contributed by atoms with E-state index in [2.05, 4.69) is 111 Å². The number of quaternary nitrogens is 1. The summed E-state index contributed by atoms with van der Waals surface area (Å²) < 4.78 is 30.8. The largest absolute Gasteiger partial charge is 0.472 e. The van der Waals surface area contributed by atoms with Crippen LogP contribution in [0.4, 0.5) is 0 Å². The van der Waals surface area contributed by atoms with Crippen molar-refractivity contribution >= 4 is 19.7 Å². The maximum atomic E-state index is 13.6. The summed E-state index contributed by atoms with van der Waals surface area (Å²) >= 11 is 0. The van der Waals surface area contributed by atoms with Crippen LogP contribution in [-0.4, -0.2) is 74.3 Å². The minimum atomic E-state index is -4.46. The monoisotopic (exact) mass is 1180 g/mol. The fraction of sp³-hybridized carbons (Fsp3) is 0.753. The first kappa shape index (κ1) is 79.9. The fourth-order valence-corrected chi connectivity index (χ4v) is 10.4. The Kier molecular flexibility index (Phi) is 59.7. The lowest BCUT2D eigenvalue weighted by atomic mass is 10.0. The number of allylic oxidation sites excluding steroid dienone is 15. The molecule has 2 N–H and O–H groups in total. The van der Waals surface area contributed by atoms with Gasteiger partial charge in [-0.15, -0.1) is 0 Å². The number of esters is 1. The van der Waals surface area contributed by atoms with E-state index in [4.69, 9.17) is 13.8 Å². The van der Waals surface area contributed by atoms with Crippen molar-refractivity contribution in [1.29, 1.82) is 0 Å². The number of hydrogen-bond acceptors (Lipinski definition) is 6. The number of nitrogens with one attached hydrogen (secondary N) is 1. The second kappa shape index (κ2) is 62.0. The number of phosphoric ester groups is 1. The van der Waals surface area contributed by atoms with Crippen LogP contribution in [0.5, 0.6) is 0 Å². The van der Waals surface area contributed by atoms with Gasteiger partial charge in [-0.05, 0) is 115 Å². The minimum Gasteiger partial charge on any atom is -0.456 e. The Hall–Kier alpha value is -3.07. The van der Waals surface area contributed by atoms with Gasteiger partial charge in [0, 0.05) is 12.8 Å². The molecule has 0 aromatic rings. The molecular formula is C73H132N2O7P+. The van der Waals surface area contributed by atoms with Gasteiger partial charge in [0.25, 0.3) is 0 Å². The predicted molar refractivity (Wildman–Crippen MR) is 360 cm³/mol. The Labute approximate surface area is 513 Å². The van der Waals surface area contributed by atoms with Gasteiger partial charge in [0.1, 0.15) is 19.3 Å². The first-order valence-corrected chi connectivity index (χ1v) is 36.1. The topological polar surface area (TPSA) is 111 Å². The predicted octanol–water partition coefficient (Wildman–Crippen LogP) is 21.9. The van der Waals surface area contributed by atoms with Gasteiger partial charge in [-0.25, -0.2) is 4.57 Å². The van der Waals surface area contributed by atoms with Crippen molar-refractivity contribution in [2.24, 2.45) is 0 Å². The van der Waals surface area contributed by atoms with Gasteiger partial charge in [0.05, 0.1) is 33.8 Å². The van der Waals surface area contributed by atoms with E-state index >= 15 is 0 Å². The molecule has 0 aromatic heterocycles. The standard InChI is InChI=1S/C73H131N2O7P/c1-7-10-13-16-19-22-25-27-29-31-33-35-37-39-41-43-45-47-50-53-56-59-62-65-72(76)74-70(69-81-83(78,79)80-68-67-75(4,5)6)71(64-61-58-55-52-49-24-21-18-15-12-9-3)82-73(77)66-63-60-57-54-51-48-46-44-42-40-38-36-34-32-30-28-26-23-20-17-14-11-8-2/h19-20,22-23,27-30,33-36,40,42,61,64,70-71H,7-18,21,24-26,31-32,37-39,41,43-60,62-63,65-69H2,1-6H3,(H-,74,76,78,79)/p+1/b22-19-,23-20-,29-27-,30-28-,35-33-,36-34-,42-40-,64-61+. The normalized spacial score (nSPS) is 14.2. The summed E-state index contributed by atoms with van der Waals surface area (Å²) in [6.45, 7) is 6.95.